The Balaban J connectivity index is 1.39. The maximum absolute atomic E-state index is 12.6. The number of aromatic amines is 2. The zero-order valence-corrected chi connectivity index (χ0v) is 16.1. The molecule has 4 aromatic rings. The molecule has 8 heteroatoms. The van der Waals surface area contributed by atoms with E-state index in [1.807, 2.05) is 55.5 Å². The normalized spacial score (nSPS) is 11.9. The lowest BCUT2D eigenvalue weighted by Crippen LogP contribution is -2.25. The van der Waals surface area contributed by atoms with Crippen molar-refractivity contribution in [1.29, 1.82) is 0 Å². The highest BCUT2D eigenvalue weighted by Gasteiger charge is 2.11. The Morgan fingerprint density at radius 1 is 1.14 bits per heavy atom. The number of aromatic nitrogens is 3. The van der Waals surface area contributed by atoms with Crippen LogP contribution in [0.3, 0.4) is 0 Å². The molecule has 1 atom stereocenters. The van der Waals surface area contributed by atoms with E-state index < -0.39 is 0 Å². The number of hydrogen-bond acceptors (Lipinski definition) is 5. The summed E-state index contributed by atoms with van der Waals surface area (Å²) in [7, 11) is 1.62. The fourth-order valence-corrected chi connectivity index (χ4v) is 3.01. The number of anilines is 2. The average molecular weight is 390 g/mol. The van der Waals surface area contributed by atoms with Gasteiger partial charge in [-0.3, -0.25) is 10.2 Å². The largest absolute Gasteiger partial charge is 0.497 e. The van der Waals surface area contributed by atoms with Crippen LogP contribution >= 0.6 is 0 Å². The highest BCUT2D eigenvalue weighted by Crippen LogP contribution is 2.22. The van der Waals surface area contributed by atoms with E-state index in [-0.39, 0.29) is 11.9 Å². The van der Waals surface area contributed by atoms with E-state index in [1.165, 1.54) is 0 Å². The summed E-state index contributed by atoms with van der Waals surface area (Å²) in [6.45, 7) is 2.03. The van der Waals surface area contributed by atoms with Gasteiger partial charge in [-0.2, -0.15) is 0 Å². The lowest BCUT2D eigenvalue weighted by atomic mass is 10.1. The van der Waals surface area contributed by atoms with Crippen LogP contribution in [0.25, 0.3) is 10.9 Å². The van der Waals surface area contributed by atoms with Crippen molar-refractivity contribution >= 4 is 28.4 Å². The fourth-order valence-electron chi connectivity index (χ4n) is 3.01. The first-order chi connectivity index (χ1) is 14.1. The molecule has 0 radical (unpaired) electrons. The zero-order chi connectivity index (χ0) is 20.2. The molecule has 1 unspecified atom stereocenters. The number of carbonyl (C=O) groups is 1. The van der Waals surface area contributed by atoms with Crippen LogP contribution in [-0.4, -0.2) is 28.0 Å². The predicted molar refractivity (Wildman–Crippen MR) is 113 cm³/mol. The molecule has 5 N–H and O–H groups in total. The SMILES string of the molecule is COc1ccc2[nH]c(C(=O)Nc3ccc(C(C)NNc4ncc[nH]4)cc3)cc2c1. The third-order valence-electron chi connectivity index (χ3n) is 4.65. The molecule has 0 aliphatic rings. The average Bonchev–Trinajstić information content (AvgIpc) is 3.41. The van der Waals surface area contributed by atoms with Crippen molar-refractivity contribution in [3.8, 4) is 5.75 Å². The molecule has 29 heavy (non-hydrogen) atoms. The summed E-state index contributed by atoms with van der Waals surface area (Å²) in [5.74, 6) is 1.21. The molecule has 1 amide bonds. The van der Waals surface area contributed by atoms with Crippen LogP contribution in [-0.2, 0) is 0 Å². The minimum Gasteiger partial charge on any atom is -0.497 e. The molecule has 0 spiro atoms. The van der Waals surface area contributed by atoms with Crippen molar-refractivity contribution in [2.45, 2.75) is 13.0 Å². The van der Waals surface area contributed by atoms with Crippen molar-refractivity contribution in [2.24, 2.45) is 0 Å². The minimum atomic E-state index is -0.196. The second-order valence-electron chi connectivity index (χ2n) is 6.64. The van der Waals surface area contributed by atoms with E-state index in [0.29, 0.717) is 11.6 Å². The topological polar surface area (TPSA) is 107 Å². The van der Waals surface area contributed by atoms with Crippen molar-refractivity contribution in [2.75, 3.05) is 17.9 Å². The van der Waals surface area contributed by atoms with E-state index in [0.717, 1.165) is 27.9 Å². The molecule has 0 bridgehead atoms. The van der Waals surface area contributed by atoms with Crippen LogP contribution in [0.1, 0.15) is 29.0 Å². The van der Waals surface area contributed by atoms with Crippen molar-refractivity contribution in [1.82, 2.24) is 20.4 Å². The highest BCUT2D eigenvalue weighted by atomic mass is 16.5. The smallest absolute Gasteiger partial charge is 0.272 e. The van der Waals surface area contributed by atoms with E-state index in [1.54, 1.807) is 19.5 Å². The van der Waals surface area contributed by atoms with Gasteiger partial charge in [0, 0.05) is 35.0 Å². The molecule has 0 saturated carbocycles. The van der Waals surface area contributed by atoms with Crippen LogP contribution in [0.4, 0.5) is 11.6 Å². The highest BCUT2D eigenvalue weighted by molar-refractivity contribution is 6.06. The molecule has 0 aliphatic heterocycles. The zero-order valence-electron chi connectivity index (χ0n) is 16.1. The van der Waals surface area contributed by atoms with Gasteiger partial charge in [0.05, 0.1) is 7.11 Å². The summed E-state index contributed by atoms with van der Waals surface area (Å²) >= 11 is 0. The van der Waals surface area contributed by atoms with Crippen molar-refractivity contribution in [3.63, 3.8) is 0 Å². The number of nitrogens with one attached hydrogen (secondary N) is 5. The number of carbonyl (C=O) groups excluding carboxylic acids is 1. The van der Waals surface area contributed by atoms with Gasteiger partial charge in [-0.05, 0) is 48.9 Å². The molecule has 4 rings (SSSR count). The van der Waals surface area contributed by atoms with E-state index in [4.69, 9.17) is 4.74 Å². The number of H-pyrrole nitrogens is 2. The predicted octanol–water partition coefficient (Wildman–Crippen LogP) is 3.83. The summed E-state index contributed by atoms with van der Waals surface area (Å²) in [4.78, 5) is 22.8. The molecular formula is C21H22N6O2. The van der Waals surface area contributed by atoms with Crippen LogP contribution in [0.15, 0.2) is 60.9 Å². The number of rotatable bonds is 7. The minimum absolute atomic E-state index is 0.0496. The second-order valence-corrected chi connectivity index (χ2v) is 6.64. The number of methoxy groups -OCH3 is 1. The fraction of sp³-hybridized carbons (Fsp3) is 0.143. The summed E-state index contributed by atoms with van der Waals surface area (Å²) < 4.78 is 5.23. The molecule has 2 heterocycles. The number of imidazole rings is 1. The third-order valence-corrected chi connectivity index (χ3v) is 4.65. The first kappa shape index (κ1) is 18.6. The molecule has 0 saturated heterocycles. The summed E-state index contributed by atoms with van der Waals surface area (Å²) in [6.07, 6.45) is 3.42. The molecule has 148 valence electrons. The second kappa shape index (κ2) is 8.07. The summed E-state index contributed by atoms with van der Waals surface area (Å²) in [6, 6.07) is 15.2. The van der Waals surface area contributed by atoms with E-state index in [2.05, 4.69) is 31.1 Å². The molecule has 2 aromatic carbocycles. The number of nitrogens with zero attached hydrogens (tertiary/aromatic N) is 1. The molecule has 8 nitrogen and oxygen atoms in total. The van der Waals surface area contributed by atoms with Crippen molar-refractivity contribution < 1.29 is 9.53 Å². The molecule has 2 aromatic heterocycles. The van der Waals surface area contributed by atoms with Gasteiger partial charge in [0.25, 0.3) is 5.91 Å². The van der Waals surface area contributed by atoms with Gasteiger partial charge in [0.2, 0.25) is 5.95 Å². The molecule has 0 fully saturated rings. The van der Waals surface area contributed by atoms with E-state index >= 15 is 0 Å². The van der Waals surface area contributed by atoms with Gasteiger partial charge in [0.15, 0.2) is 0 Å². The standard InChI is InChI=1S/C21H22N6O2/c1-13(26-27-21-22-9-10-23-21)14-3-5-16(6-4-14)24-20(28)19-12-15-11-17(29-2)7-8-18(15)25-19/h3-13,25-26H,1-2H3,(H,24,28)(H2,22,23,27). The van der Waals surface area contributed by atoms with Gasteiger partial charge in [-0.1, -0.05) is 12.1 Å². The summed E-state index contributed by atoms with van der Waals surface area (Å²) in [5.41, 5.74) is 9.35. The molecular weight excluding hydrogens is 368 g/mol. The summed E-state index contributed by atoms with van der Waals surface area (Å²) in [5, 5.41) is 3.84. The van der Waals surface area contributed by atoms with Gasteiger partial charge in [0.1, 0.15) is 11.4 Å². The first-order valence-corrected chi connectivity index (χ1v) is 9.21. The lowest BCUT2D eigenvalue weighted by molar-refractivity contribution is 0.102. The van der Waals surface area contributed by atoms with Crippen LogP contribution in [0.5, 0.6) is 5.75 Å². The Morgan fingerprint density at radius 3 is 2.69 bits per heavy atom. The van der Waals surface area contributed by atoms with E-state index in [9.17, 15) is 4.79 Å². The van der Waals surface area contributed by atoms with Gasteiger partial charge in [-0.15, -0.1) is 0 Å². The van der Waals surface area contributed by atoms with Crippen LogP contribution in [0, 0.1) is 0 Å². The monoisotopic (exact) mass is 390 g/mol. The van der Waals surface area contributed by atoms with Crippen LogP contribution in [0.2, 0.25) is 0 Å². The van der Waals surface area contributed by atoms with Crippen molar-refractivity contribution in [3.05, 3.63) is 72.2 Å². The number of fused-ring (bicyclic) bond motifs is 1. The van der Waals surface area contributed by atoms with Crippen LogP contribution < -0.4 is 20.9 Å². The quantitative estimate of drug-likeness (QED) is 0.308. The van der Waals surface area contributed by atoms with Gasteiger partial charge >= 0.3 is 0 Å². The third kappa shape index (κ3) is 4.22. The maximum atomic E-state index is 12.6. The Kier molecular flexibility index (Phi) is 5.17. The lowest BCUT2D eigenvalue weighted by Gasteiger charge is -2.15. The Labute approximate surface area is 167 Å². The Hall–Kier alpha value is -3.78. The first-order valence-electron chi connectivity index (χ1n) is 9.21. The Morgan fingerprint density at radius 2 is 1.97 bits per heavy atom. The van der Waals surface area contributed by atoms with Gasteiger partial charge < -0.3 is 20.0 Å². The molecule has 0 aliphatic carbocycles. The number of amides is 1. The number of benzene rings is 2. The number of ether oxygens (including phenoxy) is 1. The maximum Gasteiger partial charge on any atom is 0.272 e. The van der Waals surface area contributed by atoms with Gasteiger partial charge in [-0.25, -0.2) is 10.4 Å². The Bertz CT molecular complexity index is 1100. The number of hydrazine groups is 1. The number of hydrogen-bond donors (Lipinski definition) is 5.